The van der Waals surface area contributed by atoms with Gasteiger partial charge in [0.05, 0.1) is 4.92 Å². The normalized spacial score (nSPS) is 26.2. The van der Waals surface area contributed by atoms with Crippen LogP contribution in [0.5, 0.6) is 0 Å². The number of nitrogens with one attached hydrogen (secondary N) is 1. The van der Waals surface area contributed by atoms with Crippen LogP contribution in [0.2, 0.25) is 0 Å². The van der Waals surface area contributed by atoms with Crippen molar-refractivity contribution in [2.75, 3.05) is 19.0 Å². The first-order valence-electron chi connectivity index (χ1n) is 8.63. The van der Waals surface area contributed by atoms with Crippen LogP contribution in [-0.4, -0.2) is 31.0 Å². The van der Waals surface area contributed by atoms with Crippen LogP contribution in [0.3, 0.4) is 0 Å². The maximum atomic E-state index is 12.5. The van der Waals surface area contributed by atoms with E-state index in [0.29, 0.717) is 17.2 Å². The Bertz CT molecular complexity index is 659. The molecule has 0 saturated heterocycles. The molecule has 1 aromatic carbocycles. The number of nitro benzene ring substituents is 1. The van der Waals surface area contributed by atoms with Gasteiger partial charge in [-0.15, -0.1) is 0 Å². The number of nitro groups is 1. The number of rotatable bonds is 5. The molecule has 0 spiro atoms. The Hall–Kier alpha value is -2.11. The summed E-state index contributed by atoms with van der Waals surface area (Å²) in [6.07, 6.45) is 5.11. The zero-order valence-corrected chi connectivity index (χ0v) is 14.5. The Morgan fingerprint density at radius 1 is 1.33 bits per heavy atom. The zero-order valence-electron chi connectivity index (χ0n) is 14.5. The molecule has 0 aliphatic heterocycles. The van der Waals surface area contributed by atoms with Crippen molar-refractivity contribution in [2.45, 2.75) is 38.6 Å². The summed E-state index contributed by atoms with van der Waals surface area (Å²) in [6.45, 7) is 2.06. The van der Waals surface area contributed by atoms with Crippen molar-refractivity contribution in [3.63, 3.8) is 0 Å². The van der Waals surface area contributed by atoms with Crippen molar-refractivity contribution >= 4 is 17.3 Å². The van der Waals surface area contributed by atoms with Crippen LogP contribution in [0.1, 0.15) is 43.0 Å². The lowest BCUT2D eigenvalue weighted by Gasteiger charge is -2.28. The average molecular weight is 331 g/mol. The molecular weight excluding hydrogens is 306 g/mol. The summed E-state index contributed by atoms with van der Waals surface area (Å²) >= 11 is 0. The molecule has 1 N–H and O–H groups in total. The maximum Gasteiger partial charge on any atom is 0.293 e. The average Bonchev–Trinajstić information content (AvgIpc) is 3.17. The number of anilines is 1. The maximum absolute atomic E-state index is 12.5. The van der Waals surface area contributed by atoms with Crippen LogP contribution in [-0.2, 0) is 0 Å². The highest BCUT2D eigenvalue weighted by atomic mass is 16.6. The Balaban J connectivity index is 1.73. The van der Waals surface area contributed by atoms with Crippen molar-refractivity contribution in [3.8, 4) is 0 Å². The van der Waals surface area contributed by atoms with Crippen LogP contribution in [0, 0.1) is 27.9 Å². The van der Waals surface area contributed by atoms with E-state index < -0.39 is 4.92 Å². The van der Waals surface area contributed by atoms with Crippen molar-refractivity contribution in [1.29, 1.82) is 0 Å². The van der Waals surface area contributed by atoms with Gasteiger partial charge in [0.25, 0.3) is 11.6 Å². The first kappa shape index (κ1) is 16.7. The molecule has 1 amide bonds. The molecule has 1 aromatic rings. The highest BCUT2D eigenvalue weighted by Crippen LogP contribution is 2.49. The quantitative estimate of drug-likeness (QED) is 0.664. The number of hydrogen-bond acceptors (Lipinski definition) is 4. The fourth-order valence-electron chi connectivity index (χ4n) is 4.49. The number of nitrogens with zero attached hydrogens (tertiary/aromatic N) is 2. The summed E-state index contributed by atoms with van der Waals surface area (Å²) in [5, 5.41) is 14.3. The predicted molar refractivity (Wildman–Crippen MR) is 93.3 cm³/mol. The third-order valence-electron chi connectivity index (χ3n) is 5.71. The molecule has 0 unspecified atom stereocenters. The zero-order chi connectivity index (χ0) is 17.4. The van der Waals surface area contributed by atoms with Crippen LogP contribution < -0.4 is 10.2 Å². The van der Waals surface area contributed by atoms with Crippen LogP contribution in [0.15, 0.2) is 18.2 Å². The van der Waals surface area contributed by atoms with E-state index in [1.165, 1.54) is 31.7 Å². The lowest BCUT2D eigenvalue weighted by molar-refractivity contribution is -0.384. The van der Waals surface area contributed by atoms with E-state index in [4.69, 9.17) is 0 Å². The SMILES string of the molecule is C[C@H](NC(=O)c1ccc(N(C)C)c([N+](=O)[O-])c1)[C@@H]1C[C@H]2CC[C@H]1C2. The van der Waals surface area contributed by atoms with Gasteiger partial charge >= 0.3 is 0 Å². The molecule has 0 radical (unpaired) electrons. The number of fused-ring (bicyclic) bond motifs is 2. The van der Waals surface area contributed by atoms with E-state index >= 15 is 0 Å². The number of hydrogen-bond donors (Lipinski definition) is 1. The van der Waals surface area contributed by atoms with Crippen molar-refractivity contribution in [3.05, 3.63) is 33.9 Å². The summed E-state index contributed by atoms with van der Waals surface area (Å²) in [5.41, 5.74) is 0.806. The summed E-state index contributed by atoms with van der Waals surface area (Å²) < 4.78 is 0. The number of carbonyl (C=O) groups is 1. The van der Waals surface area contributed by atoms with E-state index in [1.807, 2.05) is 0 Å². The predicted octanol–water partition coefficient (Wildman–Crippen LogP) is 3.22. The minimum absolute atomic E-state index is 0.0415. The van der Waals surface area contributed by atoms with Gasteiger partial charge in [-0.1, -0.05) is 6.42 Å². The molecule has 2 fully saturated rings. The molecule has 3 rings (SSSR count). The third-order valence-corrected chi connectivity index (χ3v) is 5.71. The van der Waals surface area contributed by atoms with Crippen molar-refractivity contribution in [1.82, 2.24) is 5.32 Å². The van der Waals surface area contributed by atoms with Gasteiger partial charge in [-0.05, 0) is 56.1 Å². The third kappa shape index (κ3) is 3.09. The van der Waals surface area contributed by atoms with E-state index in [2.05, 4.69) is 12.2 Å². The van der Waals surface area contributed by atoms with Gasteiger partial charge in [-0.25, -0.2) is 0 Å². The lowest BCUT2D eigenvalue weighted by atomic mass is 9.84. The largest absolute Gasteiger partial charge is 0.372 e. The second-order valence-corrected chi connectivity index (χ2v) is 7.46. The van der Waals surface area contributed by atoms with Gasteiger partial charge in [0, 0.05) is 31.8 Å². The minimum Gasteiger partial charge on any atom is -0.372 e. The topological polar surface area (TPSA) is 75.5 Å². The molecule has 24 heavy (non-hydrogen) atoms. The standard InChI is InChI=1S/C18H25N3O3/c1-11(15-9-12-4-5-13(15)8-12)19-18(22)14-6-7-16(20(2)3)17(10-14)21(23)24/h6-7,10-13,15H,4-5,8-9H2,1-3H3,(H,19,22)/t11-,12-,13-,15-/m0/s1. The highest BCUT2D eigenvalue weighted by Gasteiger charge is 2.42. The van der Waals surface area contributed by atoms with Crippen molar-refractivity contribution in [2.24, 2.45) is 17.8 Å². The number of benzene rings is 1. The second kappa shape index (κ2) is 6.42. The summed E-state index contributed by atoms with van der Waals surface area (Å²) in [7, 11) is 3.50. The summed E-state index contributed by atoms with van der Waals surface area (Å²) in [5.74, 6) is 1.89. The molecule has 0 heterocycles. The Kier molecular flexibility index (Phi) is 4.47. The summed E-state index contributed by atoms with van der Waals surface area (Å²) in [6, 6.07) is 4.78. The molecule has 2 aliphatic rings. The molecule has 6 nitrogen and oxygen atoms in total. The van der Waals surface area contributed by atoms with Gasteiger partial charge < -0.3 is 10.2 Å². The Labute approximate surface area is 142 Å². The first-order valence-corrected chi connectivity index (χ1v) is 8.63. The Morgan fingerprint density at radius 2 is 2.08 bits per heavy atom. The van der Waals surface area contributed by atoms with Gasteiger partial charge in [-0.2, -0.15) is 0 Å². The van der Waals surface area contributed by atoms with E-state index in [1.54, 1.807) is 31.1 Å². The molecule has 2 bridgehead atoms. The Morgan fingerprint density at radius 3 is 2.62 bits per heavy atom. The monoisotopic (exact) mass is 331 g/mol. The van der Waals surface area contributed by atoms with Crippen molar-refractivity contribution < 1.29 is 9.72 Å². The first-order chi connectivity index (χ1) is 11.4. The fourth-order valence-corrected chi connectivity index (χ4v) is 4.49. The summed E-state index contributed by atoms with van der Waals surface area (Å²) in [4.78, 5) is 25.0. The van der Waals surface area contributed by atoms with Crippen LogP contribution in [0.25, 0.3) is 0 Å². The fraction of sp³-hybridized carbons (Fsp3) is 0.611. The van der Waals surface area contributed by atoms with E-state index in [0.717, 1.165) is 11.8 Å². The van der Waals surface area contributed by atoms with Gasteiger partial charge in [0.1, 0.15) is 5.69 Å². The van der Waals surface area contributed by atoms with E-state index in [9.17, 15) is 14.9 Å². The molecule has 2 saturated carbocycles. The van der Waals surface area contributed by atoms with Gasteiger partial charge in [0.15, 0.2) is 0 Å². The lowest BCUT2D eigenvalue weighted by Crippen LogP contribution is -2.40. The van der Waals surface area contributed by atoms with Gasteiger partial charge in [0.2, 0.25) is 0 Å². The molecule has 2 aliphatic carbocycles. The van der Waals surface area contributed by atoms with Crippen LogP contribution in [0.4, 0.5) is 11.4 Å². The number of carbonyl (C=O) groups excluding carboxylic acids is 1. The molecule has 0 aromatic heterocycles. The van der Waals surface area contributed by atoms with Gasteiger partial charge in [-0.3, -0.25) is 14.9 Å². The molecule has 130 valence electrons. The number of amides is 1. The smallest absolute Gasteiger partial charge is 0.293 e. The molecule has 4 atom stereocenters. The molecular formula is C18H25N3O3. The minimum atomic E-state index is -0.439. The van der Waals surface area contributed by atoms with E-state index in [-0.39, 0.29) is 17.6 Å². The highest BCUT2D eigenvalue weighted by molar-refractivity contribution is 5.96. The van der Waals surface area contributed by atoms with Crippen LogP contribution >= 0.6 is 0 Å². The second-order valence-electron chi connectivity index (χ2n) is 7.46. The molecule has 6 heteroatoms.